The molecule has 1 unspecified atom stereocenters. The van der Waals surface area contributed by atoms with Gasteiger partial charge in [0.05, 0.1) is 6.61 Å². The number of ether oxygens (including phenoxy) is 1. The average molecular weight is 218 g/mol. The lowest BCUT2D eigenvalue weighted by molar-refractivity contribution is -0.143. The van der Waals surface area contributed by atoms with Gasteiger partial charge in [0.2, 0.25) is 0 Å². The van der Waals surface area contributed by atoms with Gasteiger partial charge in [-0.3, -0.25) is 0 Å². The molecule has 0 saturated heterocycles. The Labute approximate surface area is 89.0 Å². The van der Waals surface area contributed by atoms with Crippen LogP contribution >= 0.6 is 0 Å². The molecule has 0 heterocycles. The van der Waals surface area contributed by atoms with Crippen LogP contribution in [0.1, 0.15) is 20.3 Å². The van der Waals surface area contributed by atoms with Crippen LogP contribution in [0.5, 0.6) is 0 Å². The molecule has 0 aromatic carbocycles. The first-order valence-electron chi connectivity index (χ1n) is 4.74. The van der Waals surface area contributed by atoms with E-state index in [4.69, 9.17) is 9.84 Å². The molecule has 0 aliphatic rings. The van der Waals surface area contributed by atoms with E-state index in [1.54, 1.807) is 6.92 Å². The van der Waals surface area contributed by atoms with Gasteiger partial charge < -0.3 is 20.5 Å². The lowest BCUT2D eigenvalue weighted by Crippen LogP contribution is -2.55. The maximum absolute atomic E-state index is 11.3. The Balaban J connectivity index is 4.08. The first kappa shape index (κ1) is 13.7. The highest BCUT2D eigenvalue weighted by atomic mass is 16.5. The van der Waals surface area contributed by atoms with Crippen LogP contribution in [0.4, 0.5) is 4.79 Å². The maximum Gasteiger partial charge on any atom is 0.329 e. The first-order valence-corrected chi connectivity index (χ1v) is 4.74. The molecule has 15 heavy (non-hydrogen) atoms. The number of carboxylic acids is 1. The molecular formula is C9H18N2O4. The predicted octanol–water partition coefficient (Wildman–Crippen LogP) is 0.185. The Morgan fingerprint density at radius 2 is 2.07 bits per heavy atom. The van der Waals surface area contributed by atoms with E-state index >= 15 is 0 Å². The Bertz CT molecular complexity index is 232. The molecule has 0 aromatic rings. The lowest BCUT2D eigenvalue weighted by Gasteiger charge is -2.24. The largest absolute Gasteiger partial charge is 0.480 e. The summed E-state index contributed by atoms with van der Waals surface area (Å²) in [5.74, 6) is -1.05. The van der Waals surface area contributed by atoms with Crippen molar-refractivity contribution >= 4 is 12.0 Å². The fourth-order valence-corrected chi connectivity index (χ4v) is 0.854. The number of urea groups is 1. The topological polar surface area (TPSA) is 87.7 Å². The summed E-state index contributed by atoms with van der Waals surface area (Å²) < 4.78 is 4.74. The number of aliphatic carboxylic acids is 1. The molecule has 6 nitrogen and oxygen atoms in total. The van der Waals surface area contributed by atoms with Gasteiger partial charge in [-0.05, 0) is 13.3 Å². The second kappa shape index (κ2) is 6.23. The molecule has 0 radical (unpaired) electrons. The summed E-state index contributed by atoms with van der Waals surface area (Å²) in [7, 11) is 1.52. The SMILES string of the molecule is CCC(C)(NC(=O)NCCOC)C(=O)O. The quantitative estimate of drug-likeness (QED) is 0.555. The van der Waals surface area contributed by atoms with Crippen LogP contribution in [-0.4, -0.2) is 42.9 Å². The third kappa shape index (κ3) is 4.64. The molecule has 0 fully saturated rings. The molecule has 0 aliphatic heterocycles. The predicted molar refractivity (Wildman–Crippen MR) is 54.7 cm³/mol. The highest BCUT2D eigenvalue weighted by molar-refractivity contribution is 5.85. The van der Waals surface area contributed by atoms with Crippen molar-refractivity contribution in [2.75, 3.05) is 20.3 Å². The standard InChI is InChI=1S/C9H18N2O4/c1-4-9(2,7(12)13)11-8(14)10-5-6-15-3/h4-6H2,1-3H3,(H,12,13)(H2,10,11,14). The van der Waals surface area contributed by atoms with Crippen LogP contribution in [0.25, 0.3) is 0 Å². The van der Waals surface area contributed by atoms with E-state index in [0.29, 0.717) is 19.6 Å². The van der Waals surface area contributed by atoms with Crippen molar-refractivity contribution < 1.29 is 19.4 Å². The monoisotopic (exact) mass is 218 g/mol. The van der Waals surface area contributed by atoms with E-state index in [-0.39, 0.29) is 0 Å². The van der Waals surface area contributed by atoms with E-state index in [0.717, 1.165) is 0 Å². The van der Waals surface area contributed by atoms with Gasteiger partial charge in [-0.15, -0.1) is 0 Å². The van der Waals surface area contributed by atoms with E-state index in [9.17, 15) is 9.59 Å². The molecule has 0 rings (SSSR count). The van der Waals surface area contributed by atoms with Crippen LogP contribution < -0.4 is 10.6 Å². The summed E-state index contributed by atoms with van der Waals surface area (Å²) in [5, 5.41) is 13.8. The number of hydrogen-bond acceptors (Lipinski definition) is 3. The fraction of sp³-hybridized carbons (Fsp3) is 0.778. The van der Waals surface area contributed by atoms with Crippen LogP contribution in [0.15, 0.2) is 0 Å². The summed E-state index contributed by atoms with van der Waals surface area (Å²) >= 11 is 0. The minimum Gasteiger partial charge on any atom is -0.480 e. The van der Waals surface area contributed by atoms with Crippen LogP contribution in [0.2, 0.25) is 0 Å². The number of carbonyl (C=O) groups excluding carboxylic acids is 1. The average Bonchev–Trinajstić information content (AvgIpc) is 2.17. The van der Waals surface area contributed by atoms with Gasteiger partial charge in [0.15, 0.2) is 0 Å². The van der Waals surface area contributed by atoms with Crippen molar-refractivity contribution in [3.8, 4) is 0 Å². The van der Waals surface area contributed by atoms with E-state index in [1.165, 1.54) is 14.0 Å². The Kier molecular flexibility index (Phi) is 5.69. The third-order valence-electron chi connectivity index (χ3n) is 2.16. The molecular weight excluding hydrogens is 200 g/mol. The fourth-order valence-electron chi connectivity index (χ4n) is 0.854. The van der Waals surface area contributed by atoms with Crippen molar-refractivity contribution in [1.29, 1.82) is 0 Å². The number of amides is 2. The summed E-state index contributed by atoms with van der Waals surface area (Å²) in [4.78, 5) is 22.1. The molecule has 88 valence electrons. The van der Waals surface area contributed by atoms with Gasteiger partial charge in [-0.1, -0.05) is 6.92 Å². The van der Waals surface area contributed by atoms with Gasteiger partial charge in [-0.25, -0.2) is 9.59 Å². The minimum absolute atomic E-state index is 0.319. The van der Waals surface area contributed by atoms with E-state index in [2.05, 4.69) is 10.6 Å². The third-order valence-corrected chi connectivity index (χ3v) is 2.16. The number of carbonyl (C=O) groups is 2. The normalized spacial score (nSPS) is 14.1. The zero-order valence-corrected chi connectivity index (χ0v) is 9.29. The molecule has 0 bridgehead atoms. The number of rotatable bonds is 6. The highest BCUT2D eigenvalue weighted by Gasteiger charge is 2.32. The van der Waals surface area contributed by atoms with Crippen LogP contribution in [-0.2, 0) is 9.53 Å². The van der Waals surface area contributed by atoms with Gasteiger partial charge in [0, 0.05) is 13.7 Å². The lowest BCUT2D eigenvalue weighted by atomic mass is 10.00. The number of hydrogen-bond donors (Lipinski definition) is 3. The second-order valence-electron chi connectivity index (χ2n) is 3.36. The van der Waals surface area contributed by atoms with Gasteiger partial charge in [0.1, 0.15) is 5.54 Å². The highest BCUT2D eigenvalue weighted by Crippen LogP contribution is 2.08. The minimum atomic E-state index is -1.23. The zero-order valence-electron chi connectivity index (χ0n) is 9.29. The van der Waals surface area contributed by atoms with Crippen molar-refractivity contribution in [3.63, 3.8) is 0 Å². The Morgan fingerprint density at radius 1 is 1.47 bits per heavy atom. The van der Waals surface area contributed by atoms with Crippen LogP contribution in [0.3, 0.4) is 0 Å². The maximum atomic E-state index is 11.3. The van der Waals surface area contributed by atoms with Crippen LogP contribution in [0, 0.1) is 0 Å². The smallest absolute Gasteiger partial charge is 0.329 e. The molecule has 0 saturated carbocycles. The summed E-state index contributed by atoms with van der Waals surface area (Å²) in [6, 6.07) is -0.501. The molecule has 0 aromatic heterocycles. The molecule has 6 heteroatoms. The van der Waals surface area contributed by atoms with Gasteiger partial charge >= 0.3 is 12.0 Å². The summed E-state index contributed by atoms with van der Waals surface area (Å²) in [6.07, 6.45) is 0.319. The first-order chi connectivity index (χ1) is 6.96. The van der Waals surface area contributed by atoms with Gasteiger partial charge in [0.25, 0.3) is 0 Å². The number of carboxylic acid groups (broad SMARTS) is 1. The van der Waals surface area contributed by atoms with E-state index in [1.807, 2.05) is 0 Å². The van der Waals surface area contributed by atoms with Gasteiger partial charge in [-0.2, -0.15) is 0 Å². The summed E-state index contributed by atoms with van der Waals surface area (Å²) in [6.45, 7) is 3.90. The zero-order chi connectivity index (χ0) is 11.9. The molecule has 0 aliphatic carbocycles. The molecule has 0 spiro atoms. The summed E-state index contributed by atoms with van der Waals surface area (Å²) in [5.41, 5.74) is -1.23. The number of nitrogens with one attached hydrogen (secondary N) is 2. The number of methoxy groups -OCH3 is 1. The van der Waals surface area contributed by atoms with Crippen molar-refractivity contribution in [1.82, 2.24) is 10.6 Å². The molecule has 2 amide bonds. The van der Waals surface area contributed by atoms with Crippen molar-refractivity contribution in [3.05, 3.63) is 0 Å². The Hall–Kier alpha value is -1.30. The molecule has 1 atom stereocenters. The van der Waals surface area contributed by atoms with Crippen molar-refractivity contribution in [2.45, 2.75) is 25.8 Å². The van der Waals surface area contributed by atoms with Crippen molar-refractivity contribution in [2.24, 2.45) is 0 Å². The van der Waals surface area contributed by atoms with E-state index < -0.39 is 17.5 Å². The Morgan fingerprint density at radius 3 is 2.47 bits per heavy atom. The molecule has 3 N–H and O–H groups in total. The second-order valence-corrected chi connectivity index (χ2v) is 3.36.